The molecule has 0 saturated heterocycles. The lowest BCUT2D eigenvalue weighted by molar-refractivity contribution is 0.244. The predicted molar refractivity (Wildman–Crippen MR) is 53.3 cm³/mol. The van der Waals surface area contributed by atoms with Gasteiger partial charge in [0.1, 0.15) is 0 Å². The molecule has 13 heavy (non-hydrogen) atoms. The molecule has 0 nitrogen and oxygen atoms in total. The predicted octanol–water partition coefficient (Wildman–Crippen LogP) is 3.45. The Morgan fingerprint density at radius 3 is 2.54 bits per heavy atom. The summed E-state index contributed by atoms with van der Waals surface area (Å²) in [6, 6.07) is 0. The minimum absolute atomic E-state index is 1.01. The van der Waals surface area contributed by atoms with Gasteiger partial charge in [0.2, 0.25) is 0 Å². The SMILES string of the molecule is C1=C2C3=C(C1)C(C1CCCCC1)C23. The van der Waals surface area contributed by atoms with Gasteiger partial charge >= 0.3 is 0 Å². The smallest absolute Gasteiger partial charge is 0.0160 e. The van der Waals surface area contributed by atoms with Crippen molar-refractivity contribution in [2.75, 3.05) is 0 Å². The highest BCUT2D eigenvalue weighted by atomic mass is 14.6. The normalized spacial score (nSPS) is 41.4. The number of hydrogen-bond donors (Lipinski definition) is 0. The van der Waals surface area contributed by atoms with Crippen LogP contribution in [-0.4, -0.2) is 0 Å². The van der Waals surface area contributed by atoms with E-state index < -0.39 is 0 Å². The van der Waals surface area contributed by atoms with E-state index in [1.165, 1.54) is 38.5 Å². The first-order valence-corrected chi connectivity index (χ1v) is 5.90. The van der Waals surface area contributed by atoms with Crippen molar-refractivity contribution in [1.82, 2.24) is 0 Å². The number of fused-ring (bicyclic) bond motifs is 1. The molecule has 2 fully saturated rings. The molecule has 0 aromatic rings. The molecule has 0 aromatic heterocycles. The van der Waals surface area contributed by atoms with Gasteiger partial charge in [0, 0.05) is 5.92 Å². The van der Waals surface area contributed by atoms with E-state index in [1.54, 1.807) is 5.57 Å². The first kappa shape index (κ1) is 6.86. The lowest BCUT2D eigenvalue weighted by atomic mass is 9.68. The van der Waals surface area contributed by atoms with Gasteiger partial charge in [0.15, 0.2) is 0 Å². The summed E-state index contributed by atoms with van der Waals surface area (Å²) in [5.41, 5.74) is 5.45. The van der Waals surface area contributed by atoms with E-state index in [4.69, 9.17) is 0 Å². The summed E-state index contributed by atoms with van der Waals surface area (Å²) < 4.78 is 0. The van der Waals surface area contributed by atoms with Gasteiger partial charge in [-0.2, -0.15) is 0 Å². The molecule has 68 valence electrons. The Labute approximate surface area is 79.7 Å². The fraction of sp³-hybridized carbons (Fsp3) is 0.692. The summed E-state index contributed by atoms with van der Waals surface area (Å²) in [5, 5.41) is 0. The van der Waals surface area contributed by atoms with Crippen LogP contribution in [-0.2, 0) is 0 Å². The minimum Gasteiger partial charge on any atom is -0.0763 e. The average molecular weight is 172 g/mol. The highest BCUT2D eigenvalue weighted by Crippen LogP contribution is 2.71. The highest BCUT2D eigenvalue weighted by molar-refractivity contribution is 5.72. The zero-order valence-corrected chi connectivity index (χ0v) is 8.05. The first-order chi connectivity index (χ1) is 6.47. The Kier molecular flexibility index (Phi) is 1.11. The molecule has 4 rings (SSSR count). The van der Waals surface area contributed by atoms with Crippen molar-refractivity contribution in [3.8, 4) is 0 Å². The van der Waals surface area contributed by atoms with Crippen molar-refractivity contribution in [3.63, 3.8) is 0 Å². The van der Waals surface area contributed by atoms with Crippen LogP contribution in [0.15, 0.2) is 22.8 Å². The van der Waals surface area contributed by atoms with E-state index in [-0.39, 0.29) is 0 Å². The summed E-state index contributed by atoms with van der Waals surface area (Å²) in [6.45, 7) is 0. The van der Waals surface area contributed by atoms with Crippen molar-refractivity contribution in [1.29, 1.82) is 0 Å². The van der Waals surface area contributed by atoms with Crippen molar-refractivity contribution in [3.05, 3.63) is 22.8 Å². The number of allylic oxidation sites excluding steroid dienone is 4. The van der Waals surface area contributed by atoms with Gasteiger partial charge < -0.3 is 0 Å². The summed E-state index contributed by atoms with van der Waals surface area (Å²) in [4.78, 5) is 0. The second-order valence-electron chi connectivity index (χ2n) is 5.20. The topological polar surface area (TPSA) is 0 Å². The first-order valence-electron chi connectivity index (χ1n) is 5.90. The molecule has 0 N–H and O–H groups in total. The molecule has 0 aromatic carbocycles. The van der Waals surface area contributed by atoms with Crippen molar-refractivity contribution in [2.45, 2.75) is 38.5 Å². The maximum absolute atomic E-state index is 2.48. The van der Waals surface area contributed by atoms with Gasteiger partial charge in [0.05, 0.1) is 0 Å². The molecule has 0 radical (unpaired) electrons. The zero-order chi connectivity index (χ0) is 8.41. The fourth-order valence-electron chi connectivity index (χ4n) is 4.05. The van der Waals surface area contributed by atoms with Crippen LogP contribution in [0.1, 0.15) is 38.5 Å². The highest BCUT2D eigenvalue weighted by Gasteiger charge is 2.59. The van der Waals surface area contributed by atoms with Gasteiger partial charge in [0.25, 0.3) is 0 Å². The molecule has 0 spiro atoms. The van der Waals surface area contributed by atoms with Gasteiger partial charge in [-0.15, -0.1) is 0 Å². The van der Waals surface area contributed by atoms with Crippen LogP contribution >= 0.6 is 0 Å². The van der Waals surface area contributed by atoms with Gasteiger partial charge in [-0.3, -0.25) is 0 Å². The maximum atomic E-state index is 2.48. The Morgan fingerprint density at radius 2 is 1.92 bits per heavy atom. The van der Waals surface area contributed by atoms with E-state index in [2.05, 4.69) is 6.08 Å². The Bertz CT molecular complexity index is 326. The molecule has 4 aliphatic carbocycles. The molecule has 0 heterocycles. The van der Waals surface area contributed by atoms with E-state index in [0.29, 0.717) is 0 Å². The number of rotatable bonds is 1. The summed E-state index contributed by atoms with van der Waals surface area (Å²) in [5.74, 6) is 3.14. The quantitative estimate of drug-likeness (QED) is 0.568. The summed E-state index contributed by atoms with van der Waals surface area (Å²) in [7, 11) is 0. The van der Waals surface area contributed by atoms with Crippen LogP contribution in [0.4, 0.5) is 0 Å². The van der Waals surface area contributed by atoms with Crippen LogP contribution < -0.4 is 0 Å². The van der Waals surface area contributed by atoms with Crippen molar-refractivity contribution in [2.24, 2.45) is 17.8 Å². The molecule has 2 atom stereocenters. The van der Waals surface area contributed by atoms with Crippen molar-refractivity contribution < 1.29 is 0 Å². The second-order valence-corrected chi connectivity index (χ2v) is 5.20. The molecular weight excluding hydrogens is 156 g/mol. The number of hydrogen-bond acceptors (Lipinski definition) is 0. The van der Waals surface area contributed by atoms with Crippen LogP contribution in [0.25, 0.3) is 0 Å². The van der Waals surface area contributed by atoms with E-state index in [0.717, 1.165) is 17.8 Å². The Hall–Kier alpha value is -0.520. The maximum Gasteiger partial charge on any atom is 0.0160 e. The van der Waals surface area contributed by atoms with Crippen LogP contribution in [0.5, 0.6) is 0 Å². The summed E-state index contributed by atoms with van der Waals surface area (Å²) >= 11 is 0. The van der Waals surface area contributed by atoms with Crippen LogP contribution in [0.3, 0.4) is 0 Å². The standard InChI is InChI=1S/C13H16/c1-2-4-8(5-3-1)11-9-6-7-10-12(9)13(10)11/h7-8,11,13H,1-6H2. The summed E-state index contributed by atoms with van der Waals surface area (Å²) in [6.07, 6.45) is 11.4. The van der Waals surface area contributed by atoms with Crippen molar-refractivity contribution >= 4 is 0 Å². The Balaban J connectivity index is 1.59. The molecular formula is C13H16. The molecule has 0 amide bonds. The monoisotopic (exact) mass is 172 g/mol. The second kappa shape index (κ2) is 2.10. The third kappa shape index (κ3) is 0.697. The Morgan fingerprint density at radius 1 is 1.08 bits per heavy atom. The van der Waals surface area contributed by atoms with Crippen LogP contribution in [0, 0.1) is 17.8 Å². The minimum atomic E-state index is 1.01. The van der Waals surface area contributed by atoms with E-state index >= 15 is 0 Å². The molecule has 4 aliphatic rings. The molecule has 0 heteroatoms. The van der Waals surface area contributed by atoms with Gasteiger partial charge in [-0.1, -0.05) is 30.9 Å². The molecule has 2 unspecified atom stereocenters. The van der Waals surface area contributed by atoms with Gasteiger partial charge in [-0.25, -0.2) is 0 Å². The molecule has 0 bridgehead atoms. The largest absolute Gasteiger partial charge is 0.0763 e. The molecule has 0 aliphatic heterocycles. The van der Waals surface area contributed by atoms with E-state index in [9.17, 15) is 0 Å². The van der Waals surface area contributed by atoms with E-state index in [1.807, 2.05) is 11.1 Å². The zero-order valence-electron chi connectivity index (χ0n) is 8.05. The molecule has 2 saturated carbocycles. The lowest BCUT2D eigenvalue weighted by Crippen LogP contribution is -2.27. The average Bonchev–Trinajstić information content (AvgIpc) is 2.63. The lowest BCUT2D eigenvalue weighted by Gasteiger charge is -2.36. The third-order valence-electron chi connectivity index (χ3n) is 4.68. The third-order valence-corrected chi connectivity index (χ3v) is 4.68. The van der Waals surface area contributed by atoms with Crippen LogP contribution in [0.2, 0.25) is 0 Å². The van der Waals surface area contributed by atoms with Gasteiger partial charge in [-0.05, 0) is 42.2 Å². The fourth-order valence-corrected chi connectivity index (χ4v) is 4.05.